The molecule has 0 spiro atoms. The molecule has 0 aliphatic rings. The summed E-state index contributed by atoms with van der Waals surface area (Å²) in [5.74, 6) is -0.241. The SMILES string of the molecule is CCc1cc(C)c(F)c(OCCF)c1. The fraction of sp³-hybridized carbons (Fsp3) is 0.455. The Morgan fingerprint density at radius 3 is 2.64 bits per heavy atom. The molecule has 0 N–H and O–H groups in total. The number of hydrogen-bond acceptors (Lipinski definition) is 1. The van der Waals surface area contributed by atoms with E-state index < -0.39 is 12.5 Å². The van der Waals surface area contributed by atoms with Crippen LogP contribution in [0.2, 0.25) is 0 Å². The van der Waals surface area contributed by atoms with Crippen LogP contribution in [0, 0.1) is 12.7 Å². The molecular weight excluding hydrogens is 186 g/mol. The first-order valence-corrected chi connectivity index (χ1v) is 4.66. The van der Waals surface area contributed by atoms with Gasteiger partial charge in [-0.3, -0.25) is 0 Å². The van der Waals surface area contributed by atoms with E-state index in [1.165, 1.54) is 0 Å². The summed E-state index contributed by atoms with van der Waals surface area (Å²) >= 11 is 0. The maximum absolute atomic E-state index is 13.4. The van der Waals surface area contributed by atoms with Crippen molar-refractivity contribution in [1.82, 2.24) is 0 Å². The Bertz CT molecular complexity index is 310. The zero-order valence-corrected chi connectivity index (χ0v) is 8.44. The van der Waals surface area contributed by atoms with Crippen LogP contribution >= 0.6 is 0 Å². The van der Waals surface area contributed by atoms with E-state index in [0.717, 1.165) is 12.0 Å². The third-order valence-electron chi connectivity index (χ3n) is 2.02. The second kappa shape index (κ2) is 4.94. The van der Waals surface area contributed by atoms with Crippen molar-refractivity contribution >= 4 is 0 Å². The molecule has 3 heteroatoms. The van der Waals surface area contributed by atoms with Crippen molar-refractivity contribution in [2.45, 2.75) is 20.3 Å². The smallest absolute Gasteiger partial charge is 0.167 e. The summed E-state index contributed by atoms with van der Waals surface area (Å²) in [7, 11) is 0. The predicted molar refractivity (Wildman–Crippen MR) is 52.0 cm³/mol. The summed E-state index contributed by atoms with van der Waals surface area (Å²) in [6, 6.07) is 3.40. The average molecular weight is 200 g/mol. The van der Waals surface area contributed by atoms with Gasteiger partial charge in [0.05, 0.1) is 0 Å². The molecule has 14 heavy (non-hydrogen) atoms. The summed E-state index contributed by atoms with van der Waals surface area (Å²) < 4.78 is 30.2. The summed E-state index contributed by atoms with van der Waals surface area (Å²) in [6.45, 7) is 2.96. The van der Waals surface area contributed by atoms with Crippen molar-refractivity contribution in [2.24, 2.45) is 0 Å². The van der Waals surface area contributed by atoms with Crippen LogP contribution in [0.25, 0.3) is 0 Å². The maximum atomic E-state index is 13.4. The Hall–Kier alpha value is -1.12. The van der Waals surface area contributed by atoms with Crippen LogP contribution in [-0.2, 0) is 6.42 Å². The number of rotatable bonds is 4. The lowest BCUT2D eigenvalue weighted by molar-refractivity contribution is 0.262. The largest absolute Gasteiger partial charge is 0.488 e. The van der Waals surface area contributed by atoms with Gasteiger partial charge in [0.25, 0.3) is 0 Å². The molecular formula is C11H14F2O. The van der Waals surface area contributed by atoms with Crippen LogP contribution in [0.5, 0.6) is 5.75 Å². The van der Waals surface area contributed by atoms with Gasteiger partial charge in [-0.1, -0.05) is 13.0 Å². The lowest BCUT2D eigenvalue weighted by atomic mass is 10.1. The van der Waals surface area contributed by atoms with Crippen LogP contribution < -0.4 is 4.74 Å². The summed E-state index contributed by atoms with van der Waals surface area (Å²) in [5, 5.41) is 0. The summed E-state index contributed by atoms with van der Waals surface area (Å²) in [4.78, 5) is 0. The van der Waals surface area contributed by atoms with Gasteiger partial charge in [0.15, 0.2) is 11.6 Å². The molecule has 1 rings (SSSR count). The number of benzene rings is 1. The highest BCUT2D eigenvalue weighted by Gasteiger charge is 2.08. The van der Waals surface area contributed by atoms with Gasteiger partial charge in [0, 0.05) is 0 Å². The van der Waals surface area contributed by atoms with Crippen LogP contribution in [0.1, 0.15) is 18.1 Å². The molecule has 1 nitrogen and oxygen atoms in total. The van der Waals surface area contributed by atoms with E-state index in [9.17, 15) is 8.78 Å². The Balaban J connectivity index is 2.95. The van der Waals surface area contributed by atoms with E-state index >= 15 is 0 Å². The van der Waals surface area contributed by atoms with Gasteiger partial charge >= 0.3 is 0 Å². The average Bonchev–Trinajstić information content (AvgIpc) is 2.20. The predicted octanol–water partition coefficient (Wildman–Crippen LogP) is 3.04. The molecule has 0 aromatic heterocycles. The molecule has 0 saturated heterocycles. The first-order chi connectivity index (χ1) is 6.69. The first kappa shape index (κ1) is 11.0. The van der Waals surface area contributed by atoms with Crippen molar-refractivity contribution < 1.29 is 13.5 Å². The summed E-state index contributed by atoms with van der Waals surface area (Å²) in [5.41, 5.74) is 1.54. The third-order valence-corrected chi connectivity index (χ3v) is 2.02. The topological polar surface area (TPSA) is 9.23 Å². The Morgan fingerprint density at radius 2 is 2.07 bits per heavy atom. The molecule has 0 unspecified atom stereocenters. The highest BCUT2D eigenvalue weighted by molar-refractivity contribution is 5.35. The Morgan fingerprint density at radius 1 is 1.36 bits per heavy atom. The number of ether oxygens (including phenoxy) is 1. The van der Waals surface area contributed by atoms with E-state index in [4.69, 9.17) is 4.74 Å². The second-order valence-corrected chi connectivity index (χ2v) is 3.12. The lowest BCUT2D eigenvalue weighted by Gasteiger charge is -2.09. The molecule has 0 bridgehead atoms. The minimum absolute atomic E-state index is 0.0937. The van der Waals surface area contributed by atoms with Gasteiger partial charge < -0.3 is 4.74 Å². The Kier molecular flexibility index (Phi) is 3.86. The number of alkyl halides is 1. The van der Waals surface area contributed by atoms with Crippen molar-refractivity contribution in [1.29, 1.82) is 0 Å². The van der Waals surface area contributed by atoms with Gasteiger partial charge in [0.1, 0.15) is 13.3 Å². The van der Waals surface area contributed by atoms with Crippen molar-refractivity contribution in [2.75, 3.05) is 13.3 Å². The molecule has 0 radical (unpaired) electrons. The van der Waals surface area contributed by atoms with Gasteiger partial charge in [-0.2, -0.15) is 0 Å². The molecule has 0 aliphatic heterocycles. The molecule has 78 valence electrons. The molecule has 0 heterocycles. The minimum atomic E-state index is -0.602. The second-order valence-electron chi connectivity index (χ2n) is 3.12. The van der Waals surface area contributed by atoms with Crippen LogP contribution in [0.3, 0.4) is 0 Å². The van der Waals surface area contributed by atoms with Crippen molar-refractivity contribution in [3.8, 4) is 5.75 Å². The van der Waals surface area contributed by atoms with Gasteiger partial charge in [-0.15, -0.1) is 0 Å². The zero-order chi connectivity index (χ0) is 10.6. The monoisotopic (exact) mass is 200 g/mol. The number of halogens is 2. The standard InChI is InChI=1S/C11H14F2O/c1-3-9-6-8(2)11(13)10(7-9)14-5-4-12/h6-7H,3-5H2,1-2H3. The fourth-order valence-electron chi connectivity index (χ4n) is 1.27. The van der Waals surface area contributed by atoms with Gasteiger partial charge in [0.2, 0.25) is 0 Å². The molecule has 0 aliphatic carbocycles. The fourth-order valence-corrected chi connectivity index (χ4v) is 1.27. The molecule has 0 amide bonds. The van der Waals surface area contributed by atoms with Crippen LogP contribution in [0.4, 0.5) is 8.78 Å². The normalized spacial score (nSPS) is 10.3. The molecule has 1 aromatic carbocycles. The Labute approximate surface area is 82.7 Å². The summed E-state index contributed by atoms with van der Waals surface area (Å²) in [6.07, 6.45) is 0.813. The highest BCUT2D eigenvalue weighted by atomic mass is 19.1. The highest BCUT2D eigenvalue weighted by Crippen LogP contribution is 2.22. The third kappa shape index (κ3) is 2.44. The molecule has 0 saturated carbocycles. The van der Waals surface area contributed by atoms with Crippen molar-refractivity contribution in [3.05, 3.63) is 29.1 Å². The van der Waals surface area contributed by atoms with Gasteiger partial charge in [-0.05, 0) is 30.5 Å². The molecule has 1 aromatic rings. The molecule has 0 fully saturated rings. The van der Waals surface area contributed by atoms with E-state index in [1.807, 2.05) is 6.92 Å². The van der Waals surface area contributed by atoms with E-state index in [0.29, 0.717) is 5.56 Å². The van der Waals surface area contributed by atoms with E-state index in [2.05, 4.69) is 0 Å². The van der Waals surface area contributed by atoms with Crippen LogP contribution in [-0.4, -0.2) is 13.3 Å². The van der Waals surface area contributed by atoms with Crippen molar-refractivity contribution in [3.63, 3.8) is 0 Å². The zero-order valence-electron chi connectivity index (χ0n) is 8.44. The minimum Gasteiger partial charge on any atom is -0.488 e. The van der Waals surface area contributed by atoms with Crippen LogP contribution in [0.15, 0.2) is 12.1 Å². The lowest BCUT2D eigenvalue weighted by Crippen LogP contribution is -2.02. The maximum Gasteiger partial charge on any atom is 0.167 e. The number of hydrogen-bond donors (Lipinski definition) is 0. The quantitative estimate of drug-likeness (QED) is 0.725. The first-order valence-electron chi connectivity index (χ1n) is 4.66. The number of aryl methyl sites for hydroxylation is 2. The van der Waals surface area contributed by atoms with E-state index in [1.54, 1.807) is 19.1 Å². The molecule has 0 atom stereocenters. The van der Waals surface area contributed by atoms with E-state index in [-0.39, 0.29) is 12.4 Å². The van der Waals surface area contributed by atoms with Gasteiger partial charge in [-0.25, -0.2) is 8.78 Å².